The molecule has 4 heterocycles. The minimum Gasteiger partial charge on any atom is -0.457 e. The van der Waals surface area contributed by atoms with Gasteiger partial charge in [-0.3, -0.25) is 4.40 Å². The van der Waals surface area contributed by atoms with Crippen LogP contribution in [0.25, 0.3) is 28.1 Å². The van der Waals surface area contributed by atoms with Gasteiger partial charge in [0.2, 0.25) is 0 Å². The Balaban J connectivity index is 1.52. The van der Waals surface area contributed by atoms with Crippen LogP contribution in [0.5, 0.6) is 11.5 Å². The number of rotatable bonds is 3. The lowest BCUT2D eigenvalue weighted by molar-refractivity contribution is 0.483. The number of anilines is 1. The van der Waals surface area contributed by atoms with Crippen molar-refractivity contribution in [3.05, 3.63) is 73.1 Å². The van der Waals surface area contributed by atoms with Gasteiger partial charge in [0, 0.05) is 23.8 Å². The van der Waals surface area contributed by atoms with Crippen molar-refractivity contribution in [1.29, 1.82) is 0 Å². The first-order valence-corrected chi connectivity index (χ1v) is 8.37. The van der Waals surface area contributed by atoms with E-state index in [1.807, 2.05) is 59.1 Å². The Bertz CT molecular complexity index is 1280. The number of benzene rings is 1. The van der Waals surface area contributed by atoms with Crippen LogP contribution in [0.3, 0.4) is 0 Å². The van der Waals surface area contributed by atoms with Gasteiger partial charge < -0.3 is 10.5 Å². The van der Waals surface area contributed by atoms with Crippen molar-refractivity contribution in [1.82, 2.24) is 24.6 Å². The third kappa shape index (κ3) is 2.81. The summed E-state index contributed by atoms with van der Waals surface area (Å²) in [7, 11) is 0. The molecular weight excluding hydrogens is 340 g/mol. The average molecular weight is 354 g/mol. The highest BCUT2D eigenvalue weighted by molar-refractivity contribution is 5.82. The smallest absolute Gasteiger partial charge is 0.187 e. The molecule has 0 atom stereocenters. The highest BCUT2D eigenvalue weighted by Crippen LogP contribution is 2.27. The summed E-state index contributed by atoms with van der Waals surface area (Å²) < 4.78 is 7.77. The van der Waals surface area contributed by atoms with Crippen molar-refractivity contribution < 1.29 is 4.74 Å². The van der Waals surface area contributed by atoms with Gasteiger partial charge in [-0.25, -0.2) is 9.97 Å². The normalized spacial score (nSPS) is 11.1. The van der Waals surface area contributed by atoms with Gasteiger partial charge in [-0.2, -0.15) is 0 Å². The number of ether oxygens (including phenoxy) is 1. The van der Waals surface area contributed by atoms with Gasteiger partial charge in [0.15, 0.2) is 11.5 Å². The fraction of sp³-hybridized carbons (Fsp3) is 0. The molecule has 0 aliphatic rings. The number of pyridine rings is 3. The van der Waals surface area contributed by atoms with E-state index in [4.69, 9.17) is 15.5 Å². The molecule has 4 aromatic heterocycles. The molecule has 0 unspecified atom stereocenters. The third-order valence-electron chi connectivity index (χ3n) is 4.19. The first-order valence-electron chi connectivity index (χ1n) is 8.37. The molecule has 0 fully saturated rings. The summed E-state index contributed by atoms with van der Waals surface area (Å²) in [4.78, 5) is 8.68. The summed E-state index contributed by atoms with van der Waals surface area (Å²) in [5.41, 5.74) is 8.09. The zero-order valence-electron chi connectivity index (χ0n) is 14.1. The van der Waals surface area contributed by atoms with Gasteiger partial charge in [-0.1, -0.05) is 12.1 Å². The van der Waals surface area contributed by atoms with Gasteiger partial charge >= 0.3 is 0 Å². The minimum absolute atomic E-state index is 0.417. The van der Waals surface area contributed by atoms with Crippen LogP contribution in [0.1, 0.15) is 0 Å². The average Bonchev–Trinajstić information content (AvgIpc) is 3.12. The van der Waals surface area contributed by atoms with Gasteiger partial charge in [-0.05, 0) is 42.5 Å². The fourth-order valence-corrected chi connectivity index (χ4v) is 2.94. The molecule has 0 saturated heterocycles. The van der Waals surface area contributed by atoms with Crippen LogP contribution < -0.4 is 10.5 Å². The molecule has 0 saturated carbocycles. The van der Waals surface area contributed by atoms with E-state index in [0.29, 0.717) is 23.1 Å². The van der Waals surface area contributed by atoms with Crippen molar-refractivity contribution in [3.8, 4) is 23.0 Å². The summed E-state index contributed by atoms with van der Waals surface area (Å²) in [6, 6.07) is 18.9. The molecule has 7 nitrogen and oxygen atoms in total. The quantitative estimate of drug-likeness (QED) is 0.531. The van der Waals surface area contributed by atoms with Crippen LogP contribution in [0.4, 0.5) is 5.82 Å². The standard InChI is InChI=1S/C20H14N6O/c21-18-12-15(8-9-22-18)27-14-5-7-16-13(11-14)4-6-17(23-16)20-25-24-19-3-1-2-10-26(19)20/h1-12H,(H2,21,22). The predicted molar refractivity (Wildman–Crippen MR) is 102 cm³/mol. The summed E-state index contributed by atoms with van der Waals surface area (Å²) in [6.07, 6.45) is 3.54. The number of fused-ring (bicyclic) bond motifs is 2. The highest BCUT2D eigenvalue weighted by Gasteiger charge is 2.10. The molecule has 1 aromatic carbocycles. The second-order valence-corrected chi connectivity index (χ2v) is 6.02. The lowest BCUT2D eigenvalue weighted by Gasteiger charge is -2.07. The van der Waals surface area contributed by atoms with Crippen LogP contribution in [-0.4, -0.2) is 24.6 Å². The van der Waals surface area contributed by atoms with E-state index < -0.39 is 0 Å². The van der Waals surface area contributed by atoms with Crippen LogP contribution >= 0.6 is 0 Å². The van der Waals surface area contributed by atoms with E-state index >= 15 is 0 Å². The second-order valence-electron chi connectivity index (χ2n) is 6.02. The number of nitrogens with zero attached hydrogens (tertiary/aromatic N) is 5. The lowest BCUT2D eigenvalue weighted by Crippen LogP contribution is -1.93. The van der Waals surface area contributed by atoms with Crippen LogP contribution in [0.2, 0.25) is 0 Å². The van der Waals surface area contributed by atoms with E-state index in [2.05, 4.69) is 15.2 Å². The SMILES string of the molecule is Nc1cc(Oc2ccc3nc(-c4nnc5ccccn45)ccc3c2)ccn1. The van der Waals surface area contributed by atoms with Crippen molar-refractivity contribution in [2.45, 2.75) is 0 Å². The monoisotopic (exact) mass is 354 g/mol. The maximum Gasteiger partial charge on any atom is 0.187 e. The van der Waals surface area contributed by atoms with Crippen molar-refractivity contribution in [2.24, 2.45) is 0 Å². The van der Waals surface area contributed by atoms with E-state index in [1.54, 1.807) is 18.3 Å². The maximum absolute atomic E-state index is 5.85. The van der Waals surface area contributed by atoms with Crippen molar-refractivity contribution >= 4 is 22.4 Å². The molecular formula is C20H14N6O. The number of hydrogen-bond donors (Lipinski definition) is 1. The van der Waals surface area contributed by atoms with Crippen molar-refractivity contribution in [3.63, 3.8) is 0 Å². The predicted octanol–water partition coefficient (Wildman–Crippen LogP) is 3.71. The zero-order valence-corrected chi connectivity index (χ0v) is 14.1. The minimum atomic E-state index is 0.417. The van der Waals surface area contributed by atoms with Gasteiger partial charge in [0.1, 0.15) is 23.0 Å². The molecule has 0 amide bonds. The Labute approximate surface area is 154 Å². The molecule has 0 aliphatic carbocycles. The van der Waals surface area contributed by atoms with E-state index in [1.165, 1.54) is 0 Å². The maximum atomic E-state index is 5.85. The number of nitrogen functional groups attached to an aromatic ring is 1. The first-order chi connectivity index (χ1) is 13.3. The van der Waals surface area contributed by atoms with Crippen molar-refractivity contribution in [2.75, 3.05) is 5.73 Å². The molecule has 0 bridgehead atoms. The number of hydrogen-bond acceptors (Lipinski definition) is 6. The Hall–Kier alpha value is -4.00. The molecule has 0 spiro atoms. The Kier molecular flexibility index (Phi) is 3.43. The summed E-state index contributed by atoms with van der Waals surface area (Å²) in [6.45, 7) is 0. The molecule has 130 valence electrons. The molecule has 5 aromatic rings. The zero-order chi connectivity index (χ0) is 18.2. The Morgan fingerprint density at radius 3 is 2.74 bits per heavy atom. The van der Waals surface area contributed by atoms with E-state index in [9.17, 15) is 0 Å². The third-order valence-corrected chi connectivity index (χ3v) is 4.19. The molecule has 7 heteroatoms. The summed E-state index contributed by atoms with van der Waals surface area (Å²) >= 11 is 0. The number of nitrogens with two attached hydrogens (primary N) is 1. The number of aromatic nitrogens is 5. The Morgan fingerprint density at radius 1 is 0.889 bits per heavy atom. The van der Waals surface area contributed by atoms with Gasteiger partial charge in [-0.15, -0.1) is 10.2 Å². The lowest BCUT2D eigenvalue weighted by atomic mass is 10.2. The topological polar surface area (TPSA) is 91.2 Å². The molecule has 5 rings (SSSR count). The fourth-order valence-electron chi connectivity index (χ4n) is 2.94. The molecule has 0 aliphatic heterocycles. The second kappa shape index (κ2) is 6.06. The van der Waals surface area contributed by atoms with E-state index in [0.717, 1.165) is 22.2 Å². The molecule has 2 N–H and O–H groups in total. The van der Waals surface area contributed by atoms with E-state index in [-0.39, 0.29) is 0 Å². The Morgan fingerprint density at radius 2 is 1.81 bits per heavy atom. The summed E-state index contributed by atoms with van der Waals surface area (Å²) in [5, 5.41) is 9.41. The first kappa shape index (κ1) is 15.3. The molecule has 27 heavy (non-hydrogen) atoms. The van der Waals surface area contributed by atoms with Crippen LogP contribution in [-0.2, 0) is 0 Å². The highest BCUT2D eigenvalue weighted by atomic mass is 16.5. The molecule has 0 radical (unpaired) electrons. The summed E-state index contributed by atoms with van der Waals surface area (Å²) in [5.74, 6) is 2.47. The largest absolute Gasteiger partial charge is 0.457 e. The van der Waals surface area contributed by atoms with Gasteiger partial charge in [0.05, 0.1) is 5.52 Å². The van der Waals surface area contributed by atoms with Crippen LogP contribution in [0, 0.1) is 0 Å². The van der Waals surface area contributed by atoms with Gasteiger partial charge in [0.25, 0.3) is 0 Å². The van der Waals surface area contributed by atoms with Crippen LogP contribution in [0.15, 0.2) is 73.1 Å².